The topological polar surface area (TPSA) is 66.4 Å². The molecule has 0 aliphatic carbocycles. The van der Waals surface area contributed by atoms with Gasteiger partial charge in [-0.3, -0.25) is 9.59 Å². The highest BCUT2D eigenvalue weighted by Gasteiger charge is 2.19. The number of carbonyl (C=O) groups is 2. The van der Waals surface area contributed by atoms with Crippen LogP contribution in [0.3, 0.4) is 0 Å². The molecule has 2 rings (SSSR count). The van der Waals surface area contributed by atoms with E-state index in [2.05, 4.69) is 5.32 Å². The number of rotatable bonds is 6. The van der Waals surface area contributed by atoms with Crippen molar-refractivity contribution < 1.29 is 14.7 Å². The van der Waals surface area contributed by atoms with Crippen LogP contribution in [0.25, 0.3) is 0 Å². The second kappa shape index (κ2) is 7.24. The third kappa shape index (κ3) is 4.88. The number of hydrogen-bond acceptors (Lipinski definition) is 3. The second-order valence-electron chi connectivity index (χ2n) is 4.54. The Labute approximate surface area is 131 Å². The van der Waals surface area contributed by atoms with Gasteiger partial charge in [-0.15, -0.1) is 11.3 Å². The van der Waals surface area contributed by atoms with Crippen molar-refractivity contribution in [3.05, 3.63) is 57.2 Å². The molecule has 6 heteroatoms. The van der Waals surface area contributed by atoms with E-state index in [-0.39, 0.29) is 18.7 Å². The minimum absolute atomic E-state index is 0.132. The van der Waals surface area contributed by atoms with E-state index in [9.17, 15) is 9.59 Å². The molecule has 1 aromatic heterocycles. The molecule has 0 saturated heterocycles. The lowest BCUT2D eigenvalue weighted by Gasteiger charge is -2.15. The van der Waals surface area contributed by atoms with Gasteiger partial charge in [0.05, 0.1) is 18.9 Å². The summed E-state index contributed by atoms with van der Waals surface area (Å²) in [6.07, 6.45) is 0.0610. The van der Waals surface area contributed by atoms with Gasteiger partial charge in [0.15, 0.2) is 0 Å². The third-order valence-electron chi connectivity index (χ3n) is 2.88. The van der Waals surface area contributed by atoms with E-state index in [4.69, 9.17) is 16.7 Å². The number of amides is 1. The van der Waals surface area contributed by atoms with Crippen molar-refractivity contribution in [2.45, 2.75) is 18.9 Å². The lowest BCUT2D eigenvalue weighted by atomic mass is 10.1. The van der Waals surface area contributed by atoms with Crippen LogP contribution in [0.2, 0.25) is 5.02 Å². The third-order valence-corrected chi connectivity index (χ3v) is 4.12. The number of aliphatic carboxylic acids is 1. The molecule has 0 aliphatic heterocycles. The molecule has 0 aliphatic rings. The van der Waals surface area contributed by atoms with Crippen molar-refractivity contribution in [2.75, 3.05) is 0 Å². The summed E-state index contributed by atoms with van der Waals surface area (Å²) in [5, 5.41) is 14.2. The van der Waals surface area contributed by atoms with Gasteiger partial charge in [0.1, 0.15) is 0 Å². The standard InChI is InChI=1S/C15H14ClNO3S/c16-11-5-3-10(4-6-11)8-14(18)17-12(9-15(19)20)13-2-1-7-21-13/h1-7,12H,8-9H2,(H,17,18)(H,19,20)/t12-/m1/s1. The van der Waals surface area contributed by atoms with E-state index in [1.807, 2.05) is 17.5 Å². The van der Waals surface area contributed by atoms with E-state index < -0.39 is 12.0 Å². The molecule has 1 atom stereocenters. The summed E-state index contributed by atoms with van der Waals surface area (Å²) in [5.41, 5.74) is 0.831. The van der Waals surface area contributed by atoms with Crippen molar-refractivity contribution in [2.24, 2.45) is 0 Å². The molecule has 1 amide bonds. The molecule has 2 aromatic rings. The maximum atomic E-state index is 12.1. The van der Waals surface area contributed by atoms with E-state index in [0.29, 0.717) is 5.02 Å². The van der Waals surface area contributed by atoms with Gasteiger partial charge in [-0.25, -0.2) is 0 Å². The number of hydrogen-bond donors (Lipinski definition) is 2. The highest BCUT2D eigenvalue weighted by molar-refractivity contribution is 7.10. The zero-order valence-corrected chi connectivity index (χ0v) is 12.7. The van der Waals surface area contributed by atoms with Crippen LogP contribution in [0.15, 0.2) is 41.8 Å². The normalized spacial score (nSPS) is 11.9. The van der Waals surface area contributed by atoms with Crippen LogP contribution in [0.1, 0.15) is 22.9 Å². The molecular weight excluding hydrogens is 310 g/mol. The number of carboxylic acid groups (broad SMARTS) is 1. The minimum Gasteiger partial charge on any atom is -0.481 e. The molecule has 0 saturated carbocycles. The van der Waals surface area contributed by atoms with Crippen LogP contribution >= 0.6 is 22.9 Å². The summed E-state index contributed by atoms with van der Waals surface area (Å²) in [5.74, 6) is -1.16. The minimum atomic E-state index is -0.944. The predicted octanol–water partition coefficient (Wildman–Crippen LogP) is 3.28. The van der Waals surface area contributed by atoms with Gasteiger partial charge in [0, 0.05) is 9.90 Å². The fourth-order valence-corrected chi connectivity index (χ4v) is 2.82. The quantitative estimate of drug-likeness (QED) is 0.857. The molecule has 0 bridgehead atoms. The lowest BCUT2D eigenvalue weighted by Crippen LogP contribution is -2.30. The van der Waals surface area contributed by atoms with E-state index in [0.717, 1.165) is 10.4 Å². The van der Waals surface area contributed by atoms with E-state index in [1.165, 1.54) is 11.3 Å². The number of thiophene rings is 1. The van der Waals surface area contributed by atoms with Crippen LogP contribution in [-0.4, -0.2) is 17.0 Å². The molecule has 0 radical (unpaired) electrons. The van der Waals surface area contributed by atoms with Crippen LogP contribution in [0.5, 0.6) is 0 Å². The summed E-state index contributed by atoms with van der Waals surface area (Å²) in [6, 6.07) is 10.2. The summed E-state index contributed by atoms with van der Waals surface area (Å²) < 4.78 is 0. The lowest BCUT2D eigenvalue weighted by molar-refractivity contribution is -0.137. The van der Waals surface area contributed by atoms with Gasteiger partial charge in [-0.05, 0) is 29.1 Å². The summed E-state index contributed by atoms with van der Waals surface area (Å²) in [4.78, 5) is 23.8. The second-order valence-corrected chi connectivity index (χ2v) is 5.95. The highest BCUT2D eigenvalue weighted by atomic mass is 35.5. The smallest absolute Gasteiger partial charge is 0.305 e. The van der Waals surface area contributed by atoms with Crippen LogP contribution in [0, 0.1) is 0 Å². The van der Waals surface area contributed by atoms with Gasteiger partial charge in [0.25, 0.3) is 0 Å². The Morgan fingerprint density at radius 2 is 1.95 bits per heavy atom. The molecule has 0 unspecified atom stereocenters. The fraction of sp³-hybridized carbons (Fsp3) is 0.200. The van der Waals surface area contributed by atoms with Gasteiger partial charge in [0.2, 0.25) is 5.91 Å². The van der Waals surface area contributed by atoms with Crippen molar-refractivity contribution in [3.8, 4) is 0 Å². The van der Waals surface area contributed by atoms with Gasteiger partial charge in [-0.2, -0.15) is 0 Å². The van der Waals surface area contributed by atoms with Gasteiger partial charge >= 0.3 is 5.97 Å². The number of halogens is 1. The Balaban J connectivity index is 2.01. The van der Waals surface area contributed by atoms with Crippen LogP contribution in [-0.2, 0) is 16.0 Å². The number of nitrogens with one attached hydrogen (secondary N) is 1. The zero-order valence-electron chi connectivity index (χ0n) is 11.1. The summed E-state index contributed by atoms with van der Waals surface area (Å²) in [6.45, 7) is 0. The van der Waals surface area contributed by atoms with Crippen molar-refractivity contribution in [1.29, 1.82) is 0 Å². The summed E-state index contributed by atoms with van der Waals surface area (Å²) >= 11 is 7.22. The molecular formula is C15H14ClNO3S. The monoisotopic (exact) mass is 323 g/mol. The SMILES string of the molecule is O=C(O)C[C@@H](NC(=O)Cc1ccc(Cl)cc1)c1cccs1. The molecule has 1 aromatic carbocycles. The maximum absolute atomic E-state index is 12.1. The largest absolute Gasteiger partial charge is 0.481 e. The zero-order chi connectivity index (χ0) is 15.2. The first-order valence-corrected chi connectivity index (χ1v) is 7.59. The molecule has 4 nitrogen and oxygen atoms in total. The molecule has 110 valence electrons. The summed E-state index contributed by atoms with van der Waals surface area (Å²) in [7, 11) is 0. The van der Waals surface area contributed by atoms with Crippen molar-refractivity contribution in [1.82, 2.24) is 5.32 Å². The van der Waals surface area contributed by atoms with E-state index in [1.54, 1.807) is 24.3 Å². The number of carboxylic acids is 1. The Bertz CT molecular complexity index is 610. The molecule has 21 heavy (non-hydrogen) atoms. The first-order valence-electron chi connectivity index (χ1n) is 6.33. The molecule has 0 fully saturated rings. The Kier molecular flexibility index (Phi) is 5.36. The first-order chi connectivity index (χ1) is 10.0. The molecule has 0 spiro atoms. The maximum Gasteiger partial charge on any atom is 0.305 e. The average molecular weight is 324 g/mol. The van der Waals surface area contributed by atoms with Crippen LogP contribution < -0.4 is 5.32 Å². The van der Waals surface area contributed by atoms with Crippen molar-refractivity contribution >= 4 is 34.8 Å². The first kappa shape index (κ1) is 15.5. The Morgan fingerprint density at radius 3 is 2.52 bits per heavy atom. The Hall–Kier alpha value is -1.85. The van der Waals surface area contributed by atoms with Gasteiger partial charge < -0.3 is 10.4 Å². The van der Waals surface area contributed by atoms with E-state index >= 15 is 0 Å². The van der Waals surface area contributed by atoms with Gasteiger partial charge in [-0.1, -0.05) is 29.8 Å². The van der Waals surface area contributed by atoms with Crippen LogP contribution in [0.4, 0.5) is 0 Å². The molecule has 1 heterocycles. The van der Waals surface area contributed by atoms with Crippen molar-refractivity contribution in [3.63, 3.8) is 0 Å². The fourth-order valence-electron chi connectivity index (χ4n) is 1.92. The Morgan fingerprint density at radius 1 is 1.24 bits per heavy atom. The highest BCUT2D eigenvalue weighted by Crippen LogP contribution is 2.22. The molecule has 2 N–H and O–H groups in total. The number of benzene rings is 1. The average Bonchev–Trinajstić information content (AvgIpc) is 2.94. The number of carbonyl (C=O) groups excluding carboxylic acids is 1. The predicted molar refractivity (Wildman–Crippen MR) is 82.6 cm³/mol.